The van der Waals surface area contributed by atoms with Crippen molar-refractivity contribution in [2.24, 2.45) is 11.3 Å². The van der Waals surface area contributed by atoms with Crippen molar-refractivity contribution in [1.29, 1.82) is 0 Å². The average molecular weight is 254 g/mol. The second-order valence-electron chi connectivity index (χ2n) is 5.19. The minimum Gasteiger partial charge on any atom is -0.271 e. The van der Waals surface area contributed by atoms with Crippen LogP contribution >= 0.6 is 0 Å². The summed E-state index contributed by atoms with van der Waals surface area (Å²) in [5, 5.41) is 0. The highest BCUT2D eigenvalue weighted by Crippen LogP contribution is 2.50. The van der Waals surface area contributed by atoms with Crippen LogP contribution in [-0.2, 0) is 0 Å². The highest BCUT2D eigenvalue weighted by Gasteiger charge is 2.41. The second-order valence-corrected chi connectivity index (χ2v) is 5.19. The standard InChI is InChI=1S/C14H20F2N2/c1-2-14(7-3-4-8-14)13(18-17)11-6-5-10(15)9-12(11)16/h5-6,9,13,18H,2-4,7-8,17H2,1H3. The van der Waals surface area contributed by atoms with Crippen LogP contribution in [0.2, 0.25) is 0 Å². The molecule has 1 aliphatic carbocycles. The van der Waals surface area contributed by atoms with E-state index in [0.29, 0.717) is 5.56 Å². The zero-order chi connectivity index (χ0) is 13.2. The fraction of sp³-hybridized carbons (Fsp3) is 0.571. The molecule has 3 N–H and O–H groups in total. The number of hydrazine groups is 1. The van der Waals surface area contributed by atoms with Gasteiger partial charge in [0.1, 0.15) is 11.6 Å². The van der Waals surface area contributed by atoms with E-state index in [2.05, 4.69) is 12.3 Å². The highest BCUT2D eigenvalue weighted by atomic mass is 19.1. The van der Waals surface area contributed by atoms with Gasteiger partial charge in [0.25, 0.3) is 0 Å². The van der Waals surface area contributed by atoms with E-state index in [1.165, 1.54) is 12.1 Å². The van der Waals surface area contributed by atoms with Gasteiger partial charge in [-0.3, -0.25) is 11.3 Å². The fourth-order valence-corrected chi connectivity index (χ4v) is 3.26. The Bertz CT molecular complexity index is 414. The summed E-state index contributed by atoms with van der Waals surface area (Å²) in [6, 6.07) is 3.48. The van der Waals surface area contributed by atoms with Crippen molar-refractivity contribution in [3.05, 3.63) is 35.4 Å². The molecule has 1 fully saturated rings. The Morgan fingerprint density at radius 1 is 1.33 bits per heavy atom. The molecule has 1 unspecified atom stereocenters. The third-order valence-corrected chi connectivity index (χ3v) is 4.36. The van der Waals surface area contributed by atoms with Gasteiger partial charge in [0, 0.05) is 11.6 Å². The number of halogens is 2. The monoisotopic (exact) mass is 254 g/mol. The maximum Gasteiger partial charge on any atom is 0.130 e. The molecule has 0 aliphatic heterocycles. The topological polar surface area (TPSA) is 38.0 Å². The van der Waals surface area contributed by atoms with E-state index in [4.69, 9.17) is 5.84 Å². The van der Waals surface area contributed by atoms with Gasteiger partial charge in [-0.05, 0) is 30.7 Å². The summed E-state index contributed by atoms with van der Waals surface area (Å²) < 4.78 is 26.9. The van der Waals surface area contributed by atoms with Gasteiger partial charge in [-0.1, -0.05) is 25.8 Å². The third kappa shape index (κ3) is 2.27. The first kappa shape index (κ1) is 13.4. The molecule has 1 aromatic rings. The van der Waals surface area contributed by atoms with Crippen molar-refractivity contribution >= 4 is 0 Å². The number of nitrogens with one attached hydrogen (secondary N) is 1. The Hall–Kier alpha value is -1.00. The lowest BCUT2D eigenvalue weighted by molar-refractivity contribution is 0.184. The molecule has 0 aromatic heterocycles. The summed E-state index contributed by atoms with van der Waals surface area (Å²) in [5.74, 6) is 4.57. The molecule has 1 atom stereocenters. The molecule has 0 amide bonds. The van der Waals surface area contributed by atoms with Crippen molar-refractivity contribution in [2.45, 2.75) is 45.1 Å². The quantitative estimate of drug-likeness (QED) is 0.638. The van der Waals surface area contributed by atoms with E-state index in [1.54, 1.807) is 0 Å². The van der Waals surface area contributed by atoms with Crippen LogP contribution in [0.3, 0.4) is 0 Å². The summed E-state index contributed by atoms with van der Waals surface area (Å²) in [4.78, 5) is 0. The molecule has 4 heteroatoms. The highest BCUT2D eigenvalue weighted by molar-refractivity contribution is 5.24. The number of hydrogen-bond donors (Lipinski definition) is 2. The summed E-state index contributed by atoms with van der Waals surface area (Å²) >= 11 is 0. The van der Waals surface area contributed by atoms with Crippen LogP contribution in [0.1, 0.15) is 50.6 Å². The van der Waals surface area contributed by atoms with Gasteiger partial charge < -0.3 is 0 Å². The van der Waals surface area contributed by atoms with Gasteiger partial charge >= 0.3 is 0 Å². The van der Waals surface area contributed by atoms with Crippen LogP contribution in [0.5, 0.6) is 0 Å². The van der Waals surface area contributed by atoms with Crippen LogP contribution in [0.15, 0.2) is 18.2 Å². The summed E-state index contributed by atoms with van der Waals surface area (Å²) in [6.45, 7) is 2.11. The molecule has 18 heavy (non-hydrogen) atoms. The van der Waals surface area contributed by atoms with Crippen molar-refractivity contribution < 1.29 is 8.78 Å². The van der Waals surface area contributed by atoms with Crippen LogP contribution < -0.4 is 11.3 Å². The third-order valence-electron chi connectivity index (χ3n) is 4.36. The number of hydrogen-bond acceptors (Lipinski definition) is 2. The van der Waals surface area contributed by atoms with E-state index in [9.17, 15) is 8.78 Å². The average Bonchev–Trinajstić information content (AvgIpc) is 2.83. The second kappa shape index (κ2) is 5.33. The maximum absolute atomic E-state index is 13.9. The molecule has 0 heterocycles. The normalized spacial score (nSPS) is 20.0. The van der Waals surface area contributed by atoms with Gasteiger partial charge in [-0.15, -0.1) is 0 Å². The van der Waals surface area contributed by atoms with E-state index < -0.39 is 11.6 Å². The molecule has 0 spiro atoms. The van der Waals surface area contributed by atoms with Gasteiger partial charge in [-0.25, -0.2) is 8.78 Å². The number of nitrogens with two attached hydrogens (primary N) is 1. The van der Waals surface area contributed by atoms with Crippen molar-refractivity contribution in [3.63, 3.8) is 0 Å². The predicted molar refractivity (Wildman–Crippen MR) is 67.6 cm³/mol. The smallest absolute Gasteiger partial charge is 0.130 e. The minimum absolute atomic E-state index is 0.00653. The minimum atomic E-state index is -0.552. The first-order valence-corrected chi connectivity index (χ1v) is 6.54. The Morgan fingerprint density at radius 3 is 2.50 bits per heavy atom. The SMILES string of the molecule is CCC1(C(NN)c2ccc(F)cc2F)CCCC1. The van der Waals surface area contributed by atoms with Crippen LogP contribution in [0, 0.1) is 17.0 Å². The molecule has 0 saturated heterocycles. The van der Waals surface area contributed by atoms with E-state index in [0.717, 1.165) is 38.2 Å². The first-order chi connectivity index (χ1) is 8.63. The van der Waals surface area contributed by atoms with Gasteiger partial charge in [0.2, 0.25) is 0 Å². The van der Waals surface area contributed by atoms with Gasteiger partial charge in [-0.2, -0.15) is 0 Å². The number of rotatable bonds is 4. The van der Waals surface area contributed by atoms with Crippen molar-refractivity contribution in [2.75, 3.05) is 0 Å². The van der Waals surface area contributed by atoms with Crippen LogP contribution in [0.4, 0.5) is 8.78 Å². The molecule has 2 nitrogen and oxygen atoms in total. The molecule has 0 radical (unpaired) electrons. The molecule has 2 rings (SSSR count). The van der Waals surface area contributed by atoms with E-state index in [1.807, 2.05) is 0 Å². The maximum atomic E-state index is 13.9. The van der Waals surface area contributed by atoms with Crippen LogP contribution in [0.25, 0.3) is 0 Å². The lowest BCUT2D eigenvalue weighted by atomic mass is 9.73. The summed E-state index contributed by atoms with van der Waals surface area (Å²) in [7, 11) is 0. The van der Waals surface area contributed by atoms with E-state index >= 15 is 0 Å². The summed E-state index contributed by atoms with van der Waals surface area (Å²) in [5.41, 5.74) is 3.22. The van der Waals surface area contributed by atoms with Gasteiger partial charge in [0.05, 0.1) is 6.04 Å². The Kier molecular flexibility index (Phi) is 3.97. The number of benzene rings is 1. The molecule has 100 valence electrons. The predicted octanol–water partition coefficient (Wildman–Crippen LogP) is 3.44. The summed E-state index contributed by atoms with van der Waals surface area (Å²) in [6.07, 6.45) is 5.31. The molecule has 1 aliphatic rings. The van der Waals surface area contributed by atoms with E-state index in [-0.39, 0.29) is 11.5 Å². The molecular formula is C14H20F2N2. The fourth-order valence-electron chi connectivity index (χ4n) is 3.26. The Balaban J connectivity index is 2.38. The first-order valence-electron chi connectivity index (χ1n) is 6.54. The molecule has 0 bridgehead atoms. The molecular weight excluding hydrogens is 234 g/mol. The zero-order valence-corrected chi connectivity index (χ0v) is 10.7. The lowest BCUT2D eigenvalue weighted by Crippen LogP contribution is -2.40. The van der Waals surface area contributed by atoms with Crippen molar-refractivity contribution in [3.8, 4) is 0 Å². The Morgan fingerprint density at radius 2 is 2.00 bits per heavy atom. The van der Waals surface area contributed by atoms with Crippen LogP contribution in [-0.4, -0.2) is 0 Å². The zero-order valence-electron chi connectivity index (χ0n) is 10.7. The lowest BCUT2D eigenvalue weighted by Gasteiger charge is -2.37. The molecule has 1 aromatic carbocycles. The molecule has 1 saturated carbocycles. The van der Waals surface area contributed by atoms with Crippen molar-refractivity contribution in [1.82, 2.24) is 5.43 Å². The largest absolute Gasteiger partial charge is 0.271 e. The Labute approximate surface area is 107 Å². The van der Waals surface area contributed by atoms with Gasteiger partial charge in [0.15, 0.2) is 0 Å².